The number of ether oxygens (including phenoxy) is 5. The molecule has 0 radical (unpaired) electrons. The van der Waals surface area contributed by atoms with Gasteiger partial charge in [-0.15, -0.1) is 0 Å². The van der Waals surface area contributed by atoms with Crippen molar-refractivity contribution in [2.75, 3.05) is 24.4 Å². The average molecular weight is 813 g/mol. The fourth-order valence-corrected chi connectivity index (χ4v) is 7.29. The Morgan fingerprint density at radius 1 is 0.948 bits per heavy atom. The first kappa shape index (κ1) is 45.4. The first-order chi connectivity index (χ1) is 27.2. The summed E-state index contributed by atoms with van der Waals surface area (Å²) in [7, 11) is 1.41. The van der Waals surface area contributed by atoms with Crippen LogP contribution < -0.4 is 15.4 Å². The SMILES string of the molecule is CCCCOC(=O)Nc1c2c(O)c3c(O)c(C)c4c(c3c1O)C(=O)[C@@](C)(O/C=C/[C@H](OC)[C@@H](C)[C@@H](OC(C)=O)[C@H](C)[C@@H](O)[C@H](C)[C@@H](O)[C@H](C)/C=C/C=C(/C)C(=O)N2)O4. The van der Waals surface area contributed by atoms with E-state index in [4.69, 9.17) is 23.7 Å². The highest BCUT2D eigenvalue weighted by molar-refractivity contribution is 6.24. The van der Waals surface area contributed by atoms with E-state index >= 15 is 0 Å². The van der Waals surface area contributed by atoms with Crippen molar-refractivity contribution in [1.29, 1.82) is 0 Å². The number of anilines is 2. The first-order valence-electron chi connectivity index (χ1n) is 19.2. The summed E-state index contributed by atoms with van der Waals surface area (Å²) in [6, 6.07) is 0. The lowest BCUT2D eigenvalue weighted by Crippen LogP contribution is -2.46. The standard InChI is InChI=1S/C42H56N2O14/c1-11-12-17-55-41(53)44-31-30-36(50)28-27(35(31)49)29-38(24(7)34(28)48)58-42(9,39(29)51)56-18-16-26(54-10)21(4)37(57-25(8)45)23(6)33(47)22(5)32(46)19(2)14-13-15-20(3)40(52)43-30/h13-16,18-19,21-23,26,32-33,37,46-50H,11-12,17H2,1-10H3,(H,43,52)(H,44,53)/b14-13+,18-16+,20-15-/t19-,21-,22-,23-,26+,32+,33+,37-,42+/m1/s1. The van der Waals surface area contributed by atoms with Crippen molar-refractivity contribution in [3.05, 3.63) is 47.3 Å². The van der Waals surface area contributed by atoms with Crippen LogP contribution in [0.5, 0.6) is 23.0 Å². The fraction of sp³-hybridized carbons (Fsp3) is 0.524. The van der Waals surface area contributed by atoms with E-state index in [2.05, 4.69) is 10.6 Å². The van der Waals surface area contributed by atoms with Crippen LogP contribution in [0.2, 0.25) is 0 Å². The van der Waals surface area contributed by atoms with Crippen LogP contribution in [0.15, 0.2) is 36.1 Å². The molecule has 16 heteroatoms. The molecule has 58 heavy (non-hydrogen) atoms. The quantitative estimate of drug-likeness (QED) is 0.0755. The molecule has 16 nitrogen and oxygen atoms in total. The lowest BCUT2D eigenvalue weighted by Gasteiger charge is -2.38. The van der Waals surface area contributed by atoms with Crippen LogP contribution in [-0.2, 0) is 28.5 Å². The minimum atomic E-state index is -2.11. The Labute approximate surface area is 337 Å². The lowest BCUT2D eigenvalue weighted by molar-refractivity contribution is -0.160. The molecule has 318 valence electrons. The number of benzene rings is 2. The van der Waals surface area contributed by atoms with E-state index in [9.17, 15) is 44.7 Å². The predicted molar refractivity (Wildman–Crippen MR) is 214 cm³/mol. The van der Waals surface area contributed by atoms with Gasteiger partial charge in [0.15, 0.2) is 5.75 Å². The summed E-state index contributed by atoms with van der Waals surface area (Å²) in [6.45, 7) is 14.1. The second-order valence-electron chi connectivity index (χ2n) is 15.2. The normalized spacial score (nSPS) is 30.1. The second-order valence-corrected chi connectivity index (χ2v) is 15.2. The molecule has 5 bridgehead atoms. The maximum atomic E-state index is 14.3. The van der Waals surface area contributed by atoms with Gasteiger partial charge in [-0.05, 0) is 26.3 Å². The van der Waals surface area contributed by atoms with Crippen LogP contribution in [-0.4, -0.2) is 93.2 Å². The second kappa shape index (κ2) is 18.5. The molecule has 2 aromatic carbocycles. The number of aliphatic hydroxyl groups excluding tert-OH is 2. The molecule has 0 fully saturated rings. The number of phenolic OH excluding ortho intramolecular Hbond substituents is 3. The van der Waals surface area contributed by atoms with Gasteiger partial charge in [-0.2, -0.15) is 0 Å². The van der Waals surface area contributed by atoms with E-state index in [1.165, 1.54) is 53.0 Å². The Morgan fingerprint density at radius 2 is 1.62 bits per heavy atom. The van der Waals surface area contributed by atoms with Gasteiger partial charge >= 0.3 is 17.8 Å². The third-order valence-corrected chi connectivity index (χ3v) is 11.0. The molecule has 3 aliphatic heterocycles. The highest BCUT2D eigenvalue weighted by Gasteiger charge is 2.50. The van der Waals surface area contributed by atoms with Crippen molar-refractivity contribution in [3.63, 3.8) is 0 Å². The van der Waals surface area contributed by atoms with Crippen LogP contribution >= 0.6 is 0 Å². The molecular weight excluding hydrogens is 756 g/mol. The zero-order valence-corrected chi connectivity index (χ0v) is 34.5. The third kappa shape index (κ3) is 9.03. The summed E-state index contributed by atoms with van der Waals surface area (Å²) >= 11 is 0. The summed E-state index contributed by atoms with van der Waals surface area (Å²) in [5, 5.41) is 61.9. The number of carbonyl (C=O) groups is 4. The maximum Gasteiger partial charge on any atom is 0.411 e. The van der Waals surface area contributed by atoms with Crippen molar-refractivity contribution in [3.8, 4) is 23.0 Å². The maximum absolute atomic E-state index is 14.3. The fourth-order valence-electron chi connectivity index (χ4n) is 7.29. The number of rotatable bonds is 6. The van der Waals surface area contributed by atoms with Crippen molar-refractivity contribution in [2.45, 2.75) is 105 Å². The lowest BCUT2D eigenvalue weighted by atomic mass is 9.78. The summed E-state index contributed by atoms with van der Waals surface area (Å²) in [5.74, 6) is -9.37. The van der Waals surface area contributed by atoms with E-state index in [-0.39, 0.29) is 29.1 Å². The third-order valence-electron chi connectivity index (χ3n) is 11.0. The monoisotopic (exact) mass is 812 g/mol. The van der Waals surface area contributed by atoms with E-state index in [1.807, 2.05) is 6.92 Å². The number of hydrogen-bond donors (Lipinski definition) is 7. The molecule has 0 saturated carbocycles. The number of amides is 2. The molecule has 7 N–H and O–H groups in total. The Morgan fingerprint density at radius 3 is 2.24 bits per heavy atom. The summed E-state index contributed by atoms with van der Waals surface area (Å²) in [4.78, 5) is 53.2. The van der Waals surface area contributed by atoms with E-state index < -0.39 is 117 Å². The van der Waals surface area contributed by atoms with Gasteiger partial charge in [-0.25, -0.2) is 4.79 Å². The van der Waals surface area contributed by atoms with Crippen molar-refractivity contribution >= 4 is 45.9 Å². The molecule has 2 amide bonds. The summed E-state index contributed by atoms with van der Waals surface area (Å²) < 4.78 is 28.6. The minimum Gasteiger partial charge on any atom is -0.507 e. The summed E-state index contributed by atoms with van der Waals surface area (Å²) in [6.07, 6.45) is 3.36. The van der Waals surface area contributed by atoms with E-state index in [0.717, 1.165) is 6.26 Å². The Bertz CT molecular complexity index is 2010. The Hall–Kier alpha value is -5.32. The number of aliphatic hydroxyl groups is 2. The summed E-state index contributed by atoms with van der Waals surface area (Å²) in [5.41, 5.74) is -1.29. The molecule has 0 spiro atoms. The number of Topliss-reactive ketones (excluding diaryl/α,β-unsaturated/α-hetero) is 1. The molecule has 9 atom stereocenters. The molecule has 0 unspecified atom stereocenters. The van der Waals surface area contributed by atoms with Crippen molar-refractivity contribution < 1.29 is 68.4 Å². The number of methoxy groups -OCH3 is 1. The first-order valence-corrected chi connectivity index (χ1v) is 19.2. The van der Waals surface area contributed by atoms with E-state index in [0.29, 0.717) is 12.8 Å². The van der Waals surface area contributed by atoms with Gasteiger partial charge in [-0.3, -0.25) is 19.7 Å². The predicted octanol–water partition coefficient (Wildman–Crippen LogP) is 6.10. The molecule has 0 aromatic heterocycles. The van der Waals surface area contributed by atoms with Gasteiger partial charge in [0.2, 0.25) is 0 Å². The number of unbranched alkanes of at least 4 members (excludes halogenated alkanes) is 1. The number of allylic oxidation sites excluding steroid dienone is 2. The van der Waals surface area contributed by atoms with Crippen LogP contribution in [0.4, 0.5) is 16.2 Å². The zero-order valence-electron chi connectivity index (χ0n) is 34.5. The highest BCUT2D eigenvalue weighted by Crippen LogP contribution is 2.57. The van der Waals surface area contributed by atoms with Crippen LogP contribution in [0.3, 0.4) is 0 Å². The molecule has 5 rings (SSSR count). The van der Waals surface area contributed by atoms with Gasteiger partial charge < -0.3 is 54.5 Å². The molecular formula is C42H56N2O14. The van der Waals surface area contributed by atoms with Crippen LogP contribution in [0.1, 0.15) is 84.2 Å². The number of carbonyl (C=O) groups excluding carboxylic acids is 4. The highest BCUT2D eigenvalue weighted by atomic mass is 16.7. The Balaban J connectivity index is 1.96. The topological polar surface area (TPSA) is 240 Å². The van der Waals surface area contributed by atoms with Gasteiger partial charge in [0.05, 0.1) is 42.1 Å². The minimum absolute atomic E-state index is 0.0143. The molecule has 0 aliphatic carbocycles. The number of nitrogens with one attached hydrogen (secondary N) is 2. The van der Waals surface area contributed by atoms with Crippen LogP contribution in [0.25, 0.3) is 10.8 Å². The number of hydrogen-bond acceptors (Lipinski definition) is 14. The number of aromatic hydroxyl groups is 3. The Kier molecular flexibility index (Phi) is 14.5. The van der Waals surface area contributed by atoms with Gasteiger partial charge in [0.1, 0.15) is 34.7 Å². The number of ketones is 1. The molecule has 3 heterocycles. The smallest absolute Gasteiger partial charge is 0.411 e. The van der Waals surface area contributed by atoms with Crippen molar-refractivity contribution in [2.24, 2.45) is 23.7 Å². The van der Waals surface area contributed by atoms with Crippen molar-refractivity contribution in [1.82, 2.24) is 0 Å². The number of fused-ring (bicyclic) bond motifs is 14. The molecule has 2 aromatic rings. The molecule has 0 saturated heterocycles. The molecule has 3 aliphatic rings. The van der Waals surface area contributed by atoms with Gasteiger partial charge in [0.25, 0.3) is 11.7 Å². The van der Waals surface area contributed by atoms with E-state index in [1.54, 1.807) is 33.8 Å². The van der Waals surface area contributed by atoms with Gasteiger partial charge in [0, 0.05) is 61.2 Å². The number of esters is 1. The van der Waals surface area contributed by atoms with Gasteiger partial charge in [-0.1, -0.05) is 59.3 Å². The average Bonchev–Trinajstić information content (AvgIpc) is 3.44. The largest absolute Gasteiger partial charge is 0.507 e. The zero-order chi connectivity index (χ0) is 43.4. The number of phenols is 3. The van der Waals surface area contributed by atoms with Crippen LogP contribution in [0, 0.1) is 30.6 Å².